The first-order chi connectivity index (χ1) is 8.65. The second-order valence-electron chi connectivity index (χ2n) is 4.06. The van der Waals surface area contributed by atoms with Gasteiger partial charge in [0.1, 0.15) is 5.76 Å². The predicted molar refractivity (Wildman–Crippen MR) is 67.6 cm³/mol. The second kappa shape index (κ2) is 5.35. The monoisotopic (exact) mass is 245 g/mol. The van der Waals surface area contributed by atoms with E-state index in [1.54, 1.807) is 30.7 Å². The molecule has 0 aliphatic carbocycles. The molecule has 3 N–H and O–H groups in total. The Kier molecular flexibility index (Phi) is 3.62. The van der Waals surface area contributed by atoms with E-state index in [0.717, 1.165) is 5.76 Å². The first-order valence-corrected chi connectivity index (χ1v) is 5.68. The number of amides is 1. The maximum absolute atomic E-state index is 11.8. The fourth-order valence-electron chi connectivity index (χ4n) is 1.61. The highest BCUT2D eigenvalue weighted by Crippen LogP contribution is 2.12. The first kappa shape index (κ1) is 12.2. The van der Waals surface area contributed by atoms with E-state index in [-0.39, 0.29) is 18.4 Å². The summed E-state index contributed by atoms with van der Waals surface area (Å²) in [5.74, 6) is 0.629. The van der Waals surface area contributed by atoms with Crippen LogP contribution in [-0.4, -0.2) is 10.9 Å². The van der Waals surface area contributed by atoms with Crippen molar-refractivity contribution < 1.29 is 9.21 Å². The second-order valence-corrected chi connectivity index (χ2v) is 4.06. The molecule has 0 saturated heterocycles. The van der Waals surface area contributed by atoms with Gasteiger partial charge in [0, 0.05) is 5.69 Å². The molecule has 5 heteroatoms. The number of nitrogens with zero attached hydrogens (tertiary/aromatic N) is 1. The lowest BCUT2D eigenvalue weighted by molar-refractivity contribution is -0.121. The van der Waals surface area contributed by atoms with Crippen LogP contribution < -0.4 is 11.1 Å². The summed E-state index contributed by atoms with van der Waals surface area (Å²) >= 11 is 0. The lowest BCUT2D eigenvalue weighted by atomic mass is 10.2. The Labute approximate surface area is 105 Å². The highest BCUT2D eigenvalue weighted by Gasteiger charge is 2.12. The number of aromatic nitrogens is 1. The third-order valence-electron chi connectivity index (χ3n) is 2.54. The van der Waals surface area contributed by atoms with Crippen LogP contribution in [0.25, 0.3) is 0 Å². The standard InChI is InChI=1S/C13H15N3O2/c1-9(12-3-2-6-18-12)16-13(17)7-11-5-4-10(14)8-15-11/h2-6,8-9H,7,14H2,1H3,(H,16,17)/t9-/m1/s1. The molecule has 0 saturated carbocycles. The third-order valence-corrected chi connectivity index (χ3v) is 2.54. The average molecular weight is 245 g/mol. The van der Waals surface area contributed by atoms with Crippen molar-refractivity contribution in [2.24, 2.45) is 0 Å². The van der Waals surface area contributed by atoms with E-state index < -0.39 is 0 Å². The topological polar surface area (TPSA) is 81.2 Å². The maximum Gasteiger partial charge on any atom is 0.226 e. The van der Waals surface area contributed by atoms with Crippen molar-refractivity contribution >= 4 is 11.6 Å². The largest absolute Gasteiger partial charge is 0.467 e. The van der Waals surface area contributed by atoms with Crippen LogP contribution in [0.3, 0.4) is 0 Å². The summed E-state index contributed by atoms with van der Waals surface area (Å²) in [6, 6.07) is 6.94. The zero-order valence-electron chi connectivity index (χ0n) is 10.1. The molecular formula is C13H15N3O2. The molecule has 0 spiro atoms. The van der Waals surface area contributed by atoms with E-state index in [4.69, 9.17) is 10.2 Å². The van der Waals surface area contributed by atoms with Crippen LogP contribution in [-0.2, 0) is 11.2 Å². The molecule has 0 bridgehead atoms. The molecule has 0 fully saturated rings. The minimum atomic E-state index is -0.152. The van der Waals surface area contributed by atoms with Crippen molar-refractivity contribution in [1.82, 2.24) is 10.3 Å². The van der Waals surface area contributed by atoms with Crippen LogP contribution in [0.2, 0.25) is 0 Å². The molecule has 2 aromatic heterocycles. The minimum Gasteiger partial charge on any atom is -0.467 e. The predicted octanol–water partition coefficient (Wildman–Crippen LogP) is 1.68. The van der Waals surface area contributed by atoms with Crippen molar-refractivity contribution in [3.63, 3.8) is 0 Å². The summed E-state index contributed by atoms with van der Waals surface area (Å²) in [5, 5.41) is 2.84. The smallest absolute Gasteiger partial charge is 0.226 e. The maximum atomic E-state index is 11.8. The van der Waals surface area contributed by atoms with Gasteiger partial charge in [-0.25, -0.2) is 0 Å². The number of hydrogen-bond acceptors (Lipinski definition) is 4. The van der Waals surface area contributed by atoms with Gasteiger partial charge in [0.25, 0.3) is 0 Å². The van der Waals surface area contributed by atoms with E-state index in [0.29, 0.717) is 11.4 Å². The molecule has 0 aliphatic rings. The number of nitrogens with two attached hydrogens (primary N) is 1. The molecule has 18 heavy (non-hydrogen) atoms. The number of furan rings is 1. The van der Waals surface area contributed by atoms with Gasteiger partial charge in [0.15, 0.2) is 0 Å². The van der Waals surface area contributed by atoms with Crippen LogP contribution >= 0.6 is 0 Å². The number of nitrogens with one attached hydrogen (secondary N) is 1. The van der Waals surface area contributed by atoms with Crippen LogP contribution in [0, 0.1) is 0 Å². The fraction of sp³-hybridized carbons (Fsp3) is 0.231. The number of hydrogen-bond donors (Lipinski definition) is 2. The molecule has 0 aliphatic heterocycles. The molecule has 5 nitrogen and oxygen atoms in total. The van der Waals surface area contributed by atoms with Gasteiger partial charge in [0.05, 0.1) is 30.6 Å². The van der Waals surface area contributed by atoms with Crippen molar-refractivity contribution in [3.8, 4) is 0 Å². The molecule has 0 radical (unpaired) electrons. The summed E-state index contributed by atoms with van der Waals surface area (Å²) in [5.41, 5.74) is 6.80. The Morgan fingerprint density at radius 3 is 2.94 bits per heavy atom. The number of anilines is 1. The van der Waals surface area contributed by atoms with E-state index in [9.17, 15) is 4.79 Å². The van der Waals surface area contributed by atoms with E-state index in [1.165, 1.54) is 0 Å². The van der Waals surface area contributed by atoms with Gasteiger partial charge in [0.2, 0.25) is 5.91 Å². The van der Waals surface area contributed by atoms with Gasteiger partial charge in [-0.15, -0.1) is 0 Å². The van der Waals surface area contributed by atoms with Gasteiger partial charge in [-0.05, 0) is 31.2 Å². The molecule has 1 amide bonds. The molecule has 0 unspecified atom stereocenters. The van der Waals surface area contributed by atoms with Gasteiger partial charge >= 0.3 is 0 Å². The number of rotatable bonds is 4. The van der Waals surface area contributed by atoms with Crippen LogP contribution in [0.5, 0.6) is 0 Å². The fourth-order valence-corrected chi connectivity index (χ4v) is 1.61. The minimum absolute atomic E-state index is 0.101. The van der Waals surface area contributed by atoms with E-state index >= 15 is 0 Å². The summed E-state index contributed by atoms with van der Waals surface area (Å²) in [6.07, 6.45) is 3.35. The van der Waals surface area contributed by atoms with Crippen molar-refractivity contribution in [2.45, 2.75) is 19.4 Å². The Morgan fingerprint density at radius 2 is 2.33 bits per heavy atom. The summed E-state index contributed by atoms with van der Waals surface area (Å²) in [4.78, 5) is 15.9. The highest BCUT2D eigenvalue weighted by molar-refractivity contribution is 5.78. The van der Waals surface area contributed by atoms with E-state index in [1.807, 2.05) is 13.0 Å². The molecule has 0 aromatic carbocycles. The summed E-state index contributed by atoms with van der Waals surface area (Å²) in [6.45, 7) is 1.87. The Hall–Kier alpha value is -2.30. The van der Waals surface area contributed by atoms with Gasteiger partial charge < -0.3 is 15.5 Å². The Bertz CT molecular complexity index is 506. The Balaban J connectivity index is 1.91. The van der Waals surface area contributed by atoms with Crippen molar-refractivity contribution in [2.75, 3.05) is 5.73 Å². The number of pyridine rings is 1. The zero-order valence-corrected chi connectivity index (χ0v) is 10.1. The van der Waals surface area contributed by atoms with Crippen molar-refractivity contribution in [3.05, 3.63) is 48.2 Å². The number of nitrogen functional groups attached to an aromatic ring is 1. The Morgan fingerprint density at radius 1 is 1.50 bits per heavy atom. The first-order valence-electron chi connectivity index (χ1n) is 5.68. The molecule has 1 atom stereocenters. The summed E-state index contributed by atoms with van der Waals surface area (Å²) in [7, 11) is 0. The molecular weight excluding hydrogens is 230 g/mol. The average Bonchev–Trinajstić information content (AvgIpc) is 2.85. The van der Waals surface area contributed by atoms with Crippen molar-refractivity contribution in [1.29, 1.82) is 0 Å². The van der Waals surface area contributed by atoms with Gasteiger partial charge in [-0.2, -0.15) is 0 Å². The molecule has 2 rings (SSSR count). The zero-order chi connectivity index (χ0) is 13.0. The van der Waals surface area contributed by atoms with E-state index in [2.05, 4.69) is 10.3 Å². The van der Waals surface area contributed by atoms with Gasteiger partial charge in [-0.3, -0.25) is 9.78 Å². The van der Waals surface area contributed by atoms with Crippen LogP contribution in [0.4, 0.5) is 5.69 Å². The molecule has 2 aromatic rings. The van der Waals surface area contributed by atoms with Gasteiger partial charge in [-0.1, -0.05) is 0 Å². The van der Waals surface area contributed by atoms with Crippen LogP contribution in [0.1, 0.15) is 24.4 Å². The molecule has 94 valence electrons. The highest BCUT2D eigenvalue weighted by atomic mass is 16.3. The van der Waals surface area contributed by atoms with Crippen LogP contribution in [0.15, 0.2) is 41.1 Å². The third kappa shape index (κ3) is 3.10. The molecule has 2 heterocycles. The SMILES string of the molecule is C[C@@H](NC(=O)Cc1ccc(N)cn1)c1ccco1. The normalized spacial score (nSPS) is 12.1. The number of carbonyl (C=O) groups excluding carboxylic acids is 1. The number of carbonyl (C=O) groups is 1. The quantitative estimate of drug-likeness (QED) is 0.858. The summed E-state index contributed by atoms with van der Waals surface area (Å²) < 4.78 is 5.22. The lowest BCUT2D eigenvalue weighted by Gasteiger charge is -2.11. The lowest BCUT2D eigenvalue weighted by Crippen LogP contribution is -2.28.